The van der Waals surface area contributed by atoms with Gasteiger partial charge in [0.05, 0.1) is 19.9 Å². The van der Waals surface area contributed by atoms with E-state index in [0.29, 0.717) is 17.1 Å². The summed E-state index contributed by atoms with van der Waals surface area (Å²) in [6.45, 7) is 2.04. The molecule has 0 aliphatic rings. The highest BCUT2D eigenvalue weighted by molar-refractivity contribution is 7.17. The van der Waals surface area contributed by atoms with Gasteiger partial charge in [-0.25, -0.2) is 5.43 Å². The van der Waals surface area contributed by atoms with Crippen molar-refractivity contribution in [3.05, 3.63) is 59.0 Å². The second-order valence-electron chi connectivity index (χ2n) is 6.45. The van der Waals surface area contributed by atoms with Crippen LogP contribution >= 0.6 is 11.3 Å². The van der Waals surface area contributed by atoms with Crippen LogP contribution in [0.5, 0.6) is 11.5 Å². The molecule has 2 amide bonds. The van der Waals surface area contributed by atoms with Crippen molar-refractivity contribution in [2.24, 2.45) is 5.10 Å². The van der Waals surface area contributed by atoms with Crippen LogP contribution in [-0.4, -0.2) is 38.3 Å². The van der Waals surface area contributed by atoms with E-state index >= 15 is 0 Å². The van der Waals surface area contributed by atoms with Crippen molar-refractivity contribution in [3.63, 3.8) is 0 Å². The van der Waals surface area contributed by atoms with Gasteiger partial charge in [-0.1, -0.05) is 18.2 Å². The Balaban J connectivity index is 1.51. The zero-order valence-corrected chi connectivity index (χ0v) is 17.8. The molecule has 0 aliphatic heterocycles. The summed E-state index contributed by atoms with van der Waals surface area (Å²) >= 11 is 1.64. The van der Waals surface area contributed by atoms with Crippen LogP contribution in [-0.2, 0) is 4.79 Å². The molecule has 30 heavy (non-hydrogen) atoms. The fourth-order valence-electron chi connectivity index (χ4n) is 2.89. The molecule has 3 aromatic rings. The van der Waals surface area contributed by atoms with E-state index in [2.05, 4.69) is 21.9 Å². The Morgan fingerprint density at radius 1 is 1.07 bits per heavy atom. The highest BCUT2D eigenvalue weighted by Gasteiger charge is 2.11. The van der Waals surface area contributed by atoms with Crippen LogP contribution in [0.25, 0.3) is 10.1 Å². The molecule has 0 atom stereocenters. The standard InChI is InChI=1S/C22H23N3O4S/c1-14(17-13-30-20-7-5-4-6-16(17)20)24-25-21(26)10-11-23-22(27)15-8-9-18(28-2)19(12-15)29-3/h4-9,12-13H,10-11H2,1-3H3,(H,23,27)(H,25,26)/b24-14-. The van der Waals surface area contributed by atoms with Crippen LogP contribution in [0.15, 0.2) is 52.9 Å². The fourth-order valence-corrected chi connectivity index (χ4v) is 3.89. The first-order valence-electron chi connectivity index (χ1n) is 9.33. The molecule has 0 unspecified atom stereocenters. The lowest BCUT2D eigenvalue weighted by atomic mass is 10.1. The maximum Gasteiger partial charge on any atom is 0.251 e. The van der Waals surface area contributed by atoms with Gasteiger partial charge in [-0.2, -0.15) is 5.10 Å². The lowest BCUT2D eigenvalue weighted by Gasteiger charge is -2.10. The molecule has 2 aromatic carbocycles. The summed E-state index contributed by atoms with van der Waals surface area (Å²) in [6, 6.07) is 12.9. The van der Waals surface area contributed by atoms with Crippen LogP contribution < -0.4 is 20.2 Å². The normalized spacial score (nSPS) is 11.2. The lowest BCUT2D eigenvalue weighted by Crippen LogP contribution is -2.29. The van der Waals surface area contributed by atoms with Crippen molar-refractivity contribution in [1.29, 1.82) is 0 Å². The number of thiophene rings is 1. The minimum Gasteiger partial charge on any atom is -0.493 e. The first kappa shape index (κ1) is 21.3. The number of hydrazone groups is 1. The third-order valence-electron chi connectivity index (χ3n) is 4.50. The molecule has 2 N–H and O–H groups in total. The van der Waals surface area contributed by atoms with Gasteiger partial charge in [0, 0.05) is 39.6 Å². The number of rotatable bonds is 8. The Kier molecular flexibility index (Phi) is 7.03. The number of carbonyl (C=O) groups excluding carboxylic acids is 2. The topological polar surface area (TPSA) is 89.0 Å². The second kappa shape index (κ2) is 9.89. The average molecular weight is 426 g/mol. The van der Waals surface area contributed by atoms with Crippen LogP contribution in [0.4, 0.5) is 0 Å². The van der Waals surface area contributed by atoms with Crippen LogP contribution in [0, 0.1) is 0 Å². The molecule has 0 aliphatic carbocycles. The van der Waals surface area contributed by atoms with Gasteiger partial charge in [0.2, 0.25) is 5.91 Å². The number of nitrogens with one attached hydrogen (secondary N) is 2. The predicted octanol–water partition coefficient (Wildman–Crippen LogP) is 3.58. The summed E-state index contributed by atoms with van der Waals surface area (Å²) in [5.74, 6) is 0.434. The predicted molar refractivity (Wildman–Crippen MR) is 119 cm³/mol. The molecule has 0 fully saturated rings. The van der Waals surface area contributed by atoms with Crippen molar-refractivity contribution >= 4 is 38.9 Å². The Morgan fingerprint density at radius 3 is 2.60 bits per heavy atom. The van der Waals surface area contributed by atoms with Crippen LogP contribution in [0.1, 0.15) is 29.3 Å². The summed E-state index contributed by atoms with van der Waals surface area (Å²) in [5, 5.41) is 10.0. The van der Waals surface area contributed by atoms with E-state index in [0.717, 1.165) is 16.7 Å². The van der Waals surface area contributed by atoms with Crippen molar-refractivity contribution in [2.75, 3.05) is 20.8 Å². The molecule has 3 rings (SSSR count). The minimum atomic E-state index is -0.298. The minimum absolute atomic E-state index is 0.111. The number of nitrogens with zero attached hydrogens (tertiary/aromatic N) is 1. The summed E-state index contributed by atoms with van der Waals surface area (Å²) in [6.07, 6.45) is 0.111. The zero-order valence-electron chi connectivity index (χ0n) is 17.0. The molecule has 1 aromatic heterocycles. The molecule has 0 radical (unpaired) electrons. The van der Waals surface area contributed by atoms with Crippen molar-refractivity contribution in [3.8, 4) is 11.5 Å². The van der Waals surface area contributed by atoms with Gasteiger partial charge in [0.1, 0.15) is 0 Å². The van der Waals surface area contributed by atoms with Gasteiger partial charge >= 0.3 is 0 Å². The number of ether oxygens (including phenoxy) is 2. The van der Waals surface area contributed by atoms with E-state index in [1.807, 2.05) is 30.5 Å². The fraction of sp³-hybridized carbons (Fsp3) is 0.227. The zero-order chi connectivity index (χ0) is 21.5. The molecule has 7 nitrogen and oxygen atoms in total. The van der Waals surface area contributed by atoms with Gasteiger partial charge in [0.25, 0.3) is 5.91 Å². The van der Waals surface area contributed by atoms with E-state index in [1.165, 1.54) is 18.9 Å². The Morgan fingerprint density at radius 2 is 1.83 bits per heavy atom. The van der Waals surface area contributed by atoms with Crippen molar-refractivity contribution in [1.82, 2.24) is 10.7 Å². The highest BCUT2D eigenvalue weighted by Crippen LogP contribution is 2.27. The number of fused-ring (bicyclic) bond motifs is 1. The third kappa shape index (κ3) is 4.96. The first-order valence-corrected chi connectivity index (χ1v) is 10.2. The maximum atomic E-state index is 12.3. The number of hydrogen-bond donors (Lipinski definition) is 2. The number of benzene rings is 2. The average Bonchev–Trinajstić information content (AvgIpc) is 3.21. The summed E-state index contributed by atoms with van der Waals surface area (Å²) in [5.41, 5.74) is 4.70. The third-order valence-corrected chi connectivity index (χ3v) is 5.47. The van der Waals surface area contributed by atoms with Crippen LogP contribution in [0.2, 0.25) is 0 Å². The van der Waals surface area contributed by atoms with Gasteiger partial charge in [-0.3, -0.25) is 9.59 Å². The van der Waals surface area contributed by atoms with Gasteiger partial charge in [0.15, 0.2) is 11.5 Å². The van der Waals surface area contributed by atoms with Crippen molar-refractivity contribution in [2.45, 2.75) is 13.3 Å². The summed E-state index contributed by atoms with van der Waals surface area (Å²) in [7, 11) is 3.03. The lowest BCUT2D eigenvalue weighted by molar-refractivity contribution is -0.120. The molecular formula is C22H23N3O4S. The van der Waals surface area contributed by atoms with E-state index in [9.17, 15) is 9.59 Å². The summed E-state index contributed by atoms with van der Waals surface area (Å²) in [4.78, 5) is 24.4. The molecule has 156 valence electrons. The molecule has 0 saturated heterocycles. The van der Waals surface area contributed by atoms with E-state index < -0.39 is 0 Å². The second-order valence-corrected chi connectivity index (χ2v) is 7.36. The van der Waals surface area contributed by atoms with Crippen LogP contribution in [0.3, 0.4) is 0 Å². The number of hydrogen-bond acceptors (Lipinski definition) is 6. The van der Waals surface area contributed by atoms with Crippen molar-refractivity contribution < 1.29 is 19.1 Å². The van der Waals surface area contributed by atoms with Gasteiger partial charge in [-0.15, -0.1) is 11.3 Å². The largest absolute Gasteiger partial charge is 0.493 e. The molecule has 0 spiro atoms. The number of carbonyl (C=O) groups is 2. The Labute approximate surface area is 178 Å². The monoisotopic (exact) mass is 425 g/mol. The molecule has 0 bridgehead atoms. The molecule has 0 saturated carbocycles. The summed E-state index contributed by atoms with van der Waals surface area (Å²) < 4.78 is 11.5. The first-order chi connectivity index (χ1) is 14.5. The Bertz CT molecular complexity index is 1090. The van der Waals surface area contributed by atoms with E-state index in [1.54, 1.807) is 29.5 Å². The van der Waals surface area contributed by atoms with E-state index in [4.69, 9.17) is 9.47 Å². The SMILES string of the molecule is COc1ccc(C(=O)NCCC(=O)N/N=C(/C)c2csc3ccccc23)cc1OC. The maximum absolute atomic E-state index is 12.3. The van der Waals surface area contributed by atoms with E-state index in [-0.39, 0.29) is 24.8 Å². The molecule has 1 heterocycles. The van der Waals surface area contributed by atoms with Gasteiger partial charge in [-0.05, 0) is 31.2 Å². The molecule has 8 heteroatoms. The number of amides is 2. The Hall–Kier alpha value is -3.39. The quantitative estimate of drug-likeness (QED) is 0.426. The number of methoxy groups -OCH3 is 2. The smallest absolute Gasteiger partial charge is 0.251 e. The van der Waals surface area contributed by atoms with Gasteiger partial charge < -0.3 is 14.8 Å². The highest BCUT2D eigenvalue weighted by atomic mass is 32.1. The molecular weight excluding hydrogens is 402 g/mol.